The van der Waals surface area contributed by atoms with Crippen molar-refractivity contribution in [1.82, 2.24) is 5.32 Å². The second kappa shape index (κ2) is 7.36. The number of rotatable bonds is 6. The standard InChI is InChI=1S/C22H33NO3/c1-15(20(24)23-8-7-16-5-3-2-4-6-16)26-21(25)22-12-17-9-18(13-22)11-19(10-17)14-22/h5,15,17-19H,2-4,6-14H2,1H3,(H,23,24)/t15-,17?,18?,19?,22?/m0/s1. The predicted molar refractivity (Wildman–Crippen MR) is 100 cm³/mol. The van der Waals surface area contributed by atoms with Crippen LogP contribution in [0.15, 0.2) is 11.6 Å². The molecule has 0 unspecified atom stereocenters. The van der Waals surface area contributed by atoms with Crippen LogP contribution < -0.4 is 5.32 Å². The van der Waals surface area contributed by atoms with Gasteiger partial charge in [-0.05, 0) is 95.3 Å². The Morgan fingerprint density at radius 3 is 2.38 bits per heavy atom. The van der Waals surface area contributed by atoms with Crippen molar-refractivity contribution in [3.63, 3.8) is 0 Å². The molecule has 5 aliphatic rings. The van der Waals surface area contributed by atoms with Gasteiger partial charge in [-0.15, -0.1) is 0 Å². The number of hydrogen-bond acceptors (Lipinski definition) is 3. The zero-order valence-corrected chi connectivity index (χ0v) is 16.1. The van der Waals surface area contributed by atoms with Crippen molar-refractivity contribution in [2.24, 2.45) is 23.2 Å². The minimum atomic E-state index is -0.684. The summed E-state index contributed by atoms with van der Waals surface area (Å²) in [5, 5.41) is 2.95. The molecule has 4 heteroatoms. The topological polar surface area (TPSA) is 55.4 Å². The Kier molecular flexibility index (Phi) is 5.11. The van der Waals surface area contributed by atoms with Crippen molar-refractivity contribution in [1.29, 1.82) is 0 Å². The Balaban J connectivity index is 1.26. The van der Waals surface area contributed by atoms with Gasteiger partial charge < -0.3 is 10.1 Å². The van der Waals surface area contributed by atoms with Crippen LogP contribution in [0.2, 0.25) is 0 Å². The fourth-order valence-corrected chi connectivity index (χ4v) is 6.32. The Bertz CT molecular complexity index is 559. The van der Waals surface area contributed by atoms with Crippen molar-refractivity contribution >= 4 is 11.9 Å². The Morgan fingerprint density at radius 2 is 1.81 bits per heavy atom. The predicted octanol–water partition coefficient (Wildman–Crippen LogP) is 4.14. The molecule has 4 fully saturated rings. The first kappa shape index (κ1) is 18.1. The third-order valence-corrected chi connectivity index (χ3v) is 7.25. The molecule has 4 saturated carbocycles. The third kappa shape index (κ3) is 3.70. The lowest BCUT2D eigenvalue weighted by Gasteiger charge is -2.55. The summed E-state index contributed by atoms with van der Waals surface area (Å²) in [6.07, 6.45) is 14.3. The number of amides is 1. The maximum absolute atomic E-state index is 12.9. The fourth-order valence-electron chi connectivity index (χ4n) is 6.32. The summed E-state index contributed by atoms with van der Waals surface area (Å²) in [4.78, 5) is 25.3. The summed E-state index contributed by atoms with van der Waals surface area (Å²) in [5.74, 6) is 1.87. The van der Waals surface area contributed by atoms with Gasteiger partial charge in [-0.1, -0.05) is 11.6 Å². The summed E-state index contributed by atoms with van der Waals surface area (Å²) in [6.45, 7) is 2.36. The van der Waals surface area contributed by atoms with Gasteiger partial charge in [0.2, 0.25) is 0 Å². The SMILES string of the molecule is C[C@H](OC(=O)C12CC3CC(CC(C3)C1)C2)C(=O)NCCC1=CCCCC1. The molecule has 0 heterocycles. The molecule has 0 aromatic carbocycles. The lowest BCUT2D eigenvalue weighted by molar-refractivity contribution is -0.178. The average molecular weight is 360 g/mol. The minimum Gasteiger partial charge on any atom is -0.452 e. The molecule has 4 nitrogen and oxygen atoms in total. The first-order valence-electron chi connectivity index (χ1n) is 10.7. The van der Waals surface area contributed by atoms with E-state index >= 15 is 0 Å². The molecule has 0 spiro atoms. The van der Waals surface area contributed by atoms with Crippen molar-refractivity contribution in [2.45, 2.75) is 83.7 Å². The van der Waals surface area contributed by atoms with Crippen molar-refractivity contribution in [3.8, 4) is 0 Å². The highest BCUT2D eigenvalue weighted by Gasteiger charge is 2.55. The van der Waals surface area contributed by atoms with Gasteiger partial charge in [0.05, 0.1) is 5.41 Å². The van der Waals surface area contributed by atoms with Crippen LogP contribution in [0.3, 0.4) is 0 Å². The largest absolute Gasteiger partial charge is 0.452 e. The molecule has 0 saturated heterocycles. The maximum atomic E-state index is 12.9. The molecule has 1 amide bonds. The van der Waals surface area contributed by atoms with Crippen LogP contribution in [0, 0.1) is 23.2 Å². The molecule has 0 aromatic rings. The molecule has 1 N–H and O–H groups in total. The van der Waals surface area contributed by atoms with Crippen LogP contribution in [0.25, 0.3) is 0 Å². The van der Waals surface area contributed by atoms with Crippen LogP contribution in [-0.2, 0) is 14.3 Å². The molecule has 5 aliphatic carbocycles. The van der Waals surface area contributed by atoms with Gasteiger partial charge in [-0.25, -0.2) is 0 Å². The molecule has 26 heavy (non-hydrogen) atoms. The number of allylic oxidation sites excluding steroid dienone is 1. The van der Waals surface area contributed by atoms with Gasteiger partial charge in [0, 0.05) is 6.54 Å². The Morgan fingerprint density at radius 1 is 1.15 bits per heavy atom. The highest BCUT2D eigenvalue weighted by molar-refractivity contribution is 5.85. The normalized spacial score (nSPS) is 36.3. The van der Waals surface area contributed by atoms with Gasteiger partial charge in [-0.3, -0.25) is 9.59 Å². The highest BCUT2D eigenvalue weighted by Crippen LogP contribution is 2.60. The summed E-state index contributed by atoms with van der Waals surface area (Å²) < 4.78 is 5.67. The molecule has 0 radical (unpaired) electrons. The van der Waals surface area contributed by atoms with Crippen molar-refractivity contribution < 1.29 is 14.3 Å². The van der Waals surface area contributed by atoms with E-state index in [-0.39, 0.29) is 17.3 Å². The second-order valence-electron chi connectivity index (χ2n) is 9.39. The molecule has 4 bridgehead atoms. The van der Waals surface area contributed by atoms with Crippen molar-refractivity contribution in [3.05, 3.63) is 11.6 Å². The lowest BCUT2D eigenvalue weighted by Crippen LogP contribution is -2.51. The molecule has 1 atom stereocenters. The quantitative estimate of drug-likeness (QED) is 0.573. The van der Waals surface area contributed by atoms with Crippen LogP contribution in [-0.4, -0.2) is 24.5 Å². The van der Waals surface area contributed by atoms with E-state index < -0.39 is 6.10 Å². The van der Waals surface area contributed by atoms with Gasteiger partial charge in [-0.2, -0.15) is 0 Å². The van der Waals surface area contributed by atoms with E-state index in [1.54, 1.807) is 6.92 Å². The monoisotopic (exact) mass is 359 g/mol. The summed E-state index contributed by atoms with van der Waals surface area (Å²) in [7, 11) is 0. The Labute approximate surface area is 157 Å². The number of ether oxygens (including phenoxy) is 1. The minimum absolute atomic E-state index is 0.103. The van der Waals surface area contributed by atoms with E-state index in [4.69, 9.17) is 4.74 Å². The first-order valence-corrected chi connectivity index (χ1v) is 10.7. The highest BCUT2D eigenvalue weighted by atomic mass is 16.5. The molecule has 5 rings (SSSR count). The van der Waals surface area contributed by atoms with Gasteiger partial charge >= 0.3 is 5.97 Å². The average Bonchev–Trinajstić information content (AvgIpc) is 2.61. The van der Waals surface area contributed by atoms with Crippen LogP contribution in [0.5, 0.6) is 0 Å². The lowest BCUT2D eigenvalue weighted by atomic mass is 9.49. The zero-order valence-electron chi connectivity index (χ0n) is 16.1. The third-order valence-electron chi connectivity index (χ3n) is 7.25. The van der Waals surface area contributed by atoms with E-state index in [9.17, 15) is 9.59 Å². The number of esters is 1. The van der Waals surface area contributed by atoms with E-state index in [0.717, 1.165) is 32.1 Å². The zero-order chi connectivity index (χ0) is 18.1. The van der Waals surface area contributed by atoms with E-state index in [0.29, 0.717) is 24.3 Å². The van der Waals surface area contributed by atoms with Crippen LogP contribution >= 0.6 is 0 Å². The van der Waals surface area contributed by atoms with E-state index in [1.807, 2.05) is 0 Å². The number of hydrogen-bond donors (Lipinski definition) is 1. The van der Waals surface area contributed by atoms with Crippen LogP contribution in [0.4, 0.5) is 0 Å². The van der Waals surface area contributed by atoms with Crippen LogP contribution in [0.1, 0.15) is 77.6 Å². The second-order valence-corrected chi connectivity index (χ2v) is 9.39. The van der Waals surface area contributed by atoms with E-state index in [2.05, 4.69) is 11.4 Å². The Hall–Kier alpha value is -1.32. The number of carbonyl (C=O) groups excluding carboxylic acids is 2. The van der Waals surface area contributed by atoms with Gasteiger partial charge in [0.1, 0.15) is 0 Å². The van der Waals surface area contributed by atoms with Gasteiger partial charge in [0.15, 0.2) is 6.10 Å². The fraction of sp³-hybridized carbons (Fsp3) is 0.818. The molecular weight excluding hydrogens is 326 g/mol. The number of nitrogens with one attached hydrogen (secondary N) is 1. The molecule has 0 aromatic heterocycles. The first-order chi connectivity index (χ1) is 12.5. The number of carbonyl (C=O) groups is 2. The smallest absolute Gasteiger partial charge is 0.312 e. The molecule has 144 valence electrons. The summed E-state index contributed by atoms with van der Waals surface area (Å²) in [5.41, 5.74) is 1.17. The van der Waals surface area contributed by atoms with E-state index in [1.165, 1.54) is 44.1 Å². The van der Waals surface area contributed by atoms with Gasteiger partial charge in [0.25, 0.3) is 5.91 Å². The molecule has 0 aliphatic heterocycles. The summed E-state index contributed by atoms with van der Waals surface area (Å²) >= 11 is 0. The molecular formula is C22H33NO3. The maximum Gasteiger partial charge on any atom is 0.312 e. The summed E-state index contributed by atoms with van der Waals surface area (Å²) in [6, 6.07) is 0. The van der Waals surface area contributed by atoms with Crippen molar-refractivity contribution in [2.75, 3.05) is 6.54 Å².